The van der Waals surface area contributed by atoms with Gasteiger partial charge in [0.05, 0.1) is 28.4 Å². The van der Waals surface area contributed by atoms with Crippen molar-refractivity contribution in [1.82, 2.24) is 9.88 Å². The van der Waals surface area contributed by atoms with Gasteiger partial charge in [-0.1, -0.05) is 25.4 Å². The Morgan fingerprint density at radius 1 is 1.27 bits per heavy atom. The van der Waals surface area contributed by atoms with Gasteiger partial charge in [-0.25, -0.2) is 4.79 Å². The molecule has 1 unspecified atom stereocenters. The Bertz CT molecular complexity index is 1070. The predicted octanol–water partition coefficient (Wildman–Crippen LogP) is 3.17. The van der Waals surface area contributed by atoms with E-state index in [1.807, 2.05) is 18.4 Å². The summed E-state index contributed by atoms with van der Waals surface area (Å²) in [6, 6.07) is 1.49. The van der Waals surface area contributed by atoms with E-state index in [4.69, 9.17) is 16.3 Å². The Labute approximate surface area is 179 Å². The van der Waals surface area contributed by atoms with Crippen LogP contribution in [0.4, 0.5) is 5.69 Å². The number of ketones is 1. The second-order valence-electron chi connectivity index (χ2n) is 7.82. The van der Waals surface area contributed by atoms with Crippen LogP contribution in [0.5, 0.6) is 0 Å². The monoisotopic (exact) mass is 431 g/mol. The molecule has 1 N–H and O–H groups in total. The molecule has 1 fully saturated rings. The van der Waals surface area contributed by atoms with E-state index < -0.39 is 11.4 Å². The van der Waals surface area contributed by atoms with Crippen molar-refractivity contribution in [3.8, 4) is 0 Å². The van der Waals surface area contributed by atoms with Gasteiger partial charge in [0.1, 0.15) is 5.56 Å². The number of hydrogen-bond acceptors (Lipinski definition) is 6. The molecular formula is C22H26ClN3O4. The molecule has 2 aromatic rings. The lowest BCUT2D eigenvalue weighted by Gasteiger charge is -2.35. The second kappa shape index (κ2) is 8.40. The van der Waals surface area contributed by atoms with Crippen molar-refractivity contribution in [1.29, 1.82) is 0 Å². The third-order valence-electron chi connectivity index (χ3n) is 5.90. The van der Waals surface area contributed by atoms with Crippen LogP contribution in [0.1, 0.15) is 59.9 Å². The number of rotatable bonds is 5. The maximum atomic E-state index is 13.2. The first kappa shape index (κ1) is 20.9. The molecule has 0 aliphatic carbocycles. The Kier molecular flexibility index (Phi) is 5.84. The van der Waals surface area contributed by atoms with Gasteiger partial charge < -0.3 is 19.5 Å². The van der Waals surface area contributed by atoms with Crippen molar-refractivity contribution in [2.75, 3.05) is 37.7 Å². The third-order valence-corrected chi connectivity index (χ3v) is 6.18. The van der Waals surface area contributed by atoms with Crippen LogP contribution in [-0.2, 0) is 4.74 Å². The number of esters is 1. The maximum absolute atomic E-state index is 13.2. The van der Waals surface area contributed by atoms with Crippen molar-refractivity contribution in [2.24, 2.45) is 0 Å². The number of nitrogens with zero attached hydrogens (tertiary/aromatic N) is 2. The fourth-order valence-corrected chi connectivity index (χ4v) is 4.72. The van der Waals surface area contributed by atoms with Crippen molar-refractivity contribution in [2.45, 2.75) is 39.2 Å². The second-order valence-corrected chi connectivity index (χ2v) is 8.23. The molecule has 30 heavy (non-hydrogen) atoms. The quantitative estimate of drug-likeness (QED) is 0.732. The summed E-state index contributed by atoms with van der Waals surface area (Å²) in [6.45, 7) is 7.20. The van der Waals surface area contributed by atoms with Gasteiger partial charge in [0.2, 0.25) is 5.43 Å². The first-order valence-electron chi connectivity index (χ1n) is 10.5. The zero-order valence-corrected chi connectivity index (χ0v) is 18.1. The highest BCUT2D eigenvalue weighted by atomic mass is 35.5. The van der Waals surface area contributed by atoms with Gasteiger partial charge in [0.15, 0.2) is 5.78 Å². The average Bonchev–Trinajstić information content (AvgIpc) is 2.76. The minimum atomic E-state index is -0.636. The number of nitrogens with one attached hydrogen (secondary N) is 1. The van der Waals surface area contributed by atoms with Gasteiger partial charge in [-0.05, 0) is 18.9 Å². The van der Waals surface area contributed by atoms with Gasteiger partial charge in [-0.2, -0.15) is 0 Å². The van der Waals surface area contributed by atoms with E-state index in [0.717, 1.165) is 26.2 Å². The number of anilines is 1. The SMILES string of the molecule is CCCOC(=O)c1cn2c3c(c(N4CCNCC4)c(Cl)cc3c1=O)C(=O)CC2CC. The normalized spacial score (nSPS) is 18.7. The molecule has 2 aliphatic rings. The van der Waals surface area contributed by atoms with E-state index in [9.17, 15) is 14.4 Å². The number of Topliss-reactive ketones (excluding diaryl/α,β-unsaturated/α-hetero) is 1. The van der Waals surface area contributed by atoms with Crippen molar-refractivity contribution >= 4 is 39.9 Å². The van der Waals surface area contributed by atoms with Gasteiger partial charge in [0.25, 0.3) is 0 Å². The Morgan fingerprint density at radius 3 is 2.67 bits per heavy atom. The van der Waals surface area contributed by atoms with E-state index in [-0.39, 0.29) is 24.0 Å². The number of carbonyl (C=O) groups excluding carboxylic acids is 2. The van der Waals surface area contributed by atoms with Crippen molar-refractivity contribution in [3.63, 3.8) is 0 Å². The number of piperazine rings is 1. The van der Waals surface area contributed by atoms with Gasteiger partial charge in [-0.15, -0.1) is 0 Å². The molecule has 0 amide bonds. The van der Waals surface area contributed by atoms with Gasteiger partial charge in [0, 0.05) is 50.2 Å². The Hall–Kier alpha value is -2.38. The molecule has 0 bridgehead atoms. The van der Waals surface area contributed by atoms with Gasteiger partial charge >= 0.3 is 5.97 Å². The first-order chi connectivity index (χ1) is 14.5. The maximum Gasteiger partial charge on any atom is 0.343 e. The van der Waals surface area contributed by atoms with E-state index in [1.54, 1.807) is 12.3 Å². The minimum Gasteiger partial charge on any atom is -0.462 e. The molecule has 0 radical (unpaired) electrons. The molecule has 3 heterocycles. The van der Waals surface area contributed by atoms with Crippen LogP contribution in [0.3, 0.4) is 0 Å². The van der Waals surface area contributed by atoms with Crippen LogP contribution in [0.15, 0.2) is 17.1 Å². The number of pyridine rings is 1. The summed E-state index contributed by atoms with van der Waals surface area (Å²) in [5, 5.41) is 3.96. The molecular weight excluding hydrogens is 406 g/mol. The zero-order chi connectivity index (χ0) is 21.4. The lowest BCUT2D eigenvalue weighted by molar-refractivity contribution is 0.0502. The lowest BCUT2D eigenvalue weighted by atomic mass is 9.91. The summed E-state index contributed by atoms with van der Waals surface area (Å²) in [4.78, 5) is 41.1. The molecule has 7 nitrogen and oxygen atoms in total. The summed E-state index contributed by atoms with van der Waals surface area (Å²) in [7, 11) is 0. The highest BCUT2D eigenvalue weighted by Crippen LogP contribution is 2.41. The minimum absolute atomic E-state index is 0.0106. The van der Waals surface area contributed by atoms with Crippen LogP contribution < -0.4 is 15.6 Å². The number of aromatic nitrogens is 1. The molecule has 8 heteroatoms. The van der Waals surface area contributed by atoms with Crippen LogP contribution in [0.25, 0.3) is 10.9 Å². The molecule has 0 saturated carbocycles. The van der Waals surface area contributed by atoms with Crippen molar-refractivity contribution in [3.05, 3.63) is 38.6 Å². The van der Waals surface area contributed by atoms with E-state index in [0.29, 0.717) is 46.4 Å². The molecule has 160 valence electrons. The molecule has 1 aromatic heterocycles. The van der Waals surface area contributed by atoms with E-state index in [2.05, 4.69) is 10.2 Å². The highest BCUT2D eigenvalue weighted by Gasteiger charge is 2.33. The summed E-state index contributed by atoms with van der Waals surface area (Å²) < 4.78 is 7.14. The Morgan fingerprint density at radius 2 is 2.00 bits per heavy atom. The first-order valence-corrected chi connectivity index (χ1v) is 10.9. The average molecular weight is 432 g/mol. The molecule has 0 spiro atoms. The summed E-state index contributed by atoms with van der Waals surface area (Å²) in [5.41, 5.74) is 1.31. The lowest BCUT2D eigenvalue weighted by Crippen LogP contribution is -2.44. The summed E-state index contributed by atoms with van der Waals surface area (Å²) >= 11 is 6.64. The highest BCUT2D eigenvalue weighted by molar-refractivity contribution is 6.36. The van der Waals surface area contributed by atoms with Crippen LogP contribution >= 0.6 is 11.6 Å². The molecule has 4 rings (SSSR count). The van der Waals surface area contributed by atoms with E-state index >= 15 is 0 Å². The fourth-order valence-electron chi connectivity index (χ4n) is 4.40. The largest absolute Gasteiger partial charge is 0.462 e. The summed E-state index contributed by atoms with van der Waals surface area (Å²) in [5.74, 6) is -0.647. The Balaban J connectivity index is 2.01. The standard InChI is InChI=1S/C22H26ClN3O4/c1-3-9-30-22(29)15-12-26-13(4-2)10-17(27)18-19(26)14(21(15)28)11-16(23)20(18)25-7-5-24-6-8-25/h11-13,24H,3-10H2,1-2H3. The van der Waals surface area contributed by atoms with Crippen molar-refractivity contribution < 1.29 is 14.3 Å². The van der Waals surface area contributed by atoms with Crippen LogP contribution in [0, 0.1) is 0 Å². The molecule has 1 atom stereocenters. The number of ether oxygens (including phenoxy) is 1. The fraction of sp³-hybridized carbons (Fsp3) is 0.500. The van der Waals surface area contributed by atoms with E-state index in [1.165, 1.54) is 0 Å². The number of benzene rings is 1. The van der Waals surface area contributed by atoms with Gasteiger partial charge in [-0.3, -0.25) is 9.59 Å². The van der Waals surface area contributed by atoms with Crippen LogP contribution in [0.2, 0.25) is 5.02 Å². The molecule has 1 saturated heterocycles. The molecule has 2 aliphatic heterocycles. The summed E-state index contributed by atoms with van der Waals surface area (Å²) in [6.07, 6.45) is 3.26. The zero-order valence-electron chi connectivity index (χ0n) is 17.3. The third kappa shape index (κ3) is 3.40. The topological polar surface area (TPSA) is 80.6 Å². The number of hydrogen-bond donors (Lipinski definition) is 1. The molecule has 1 aromatic carbocycles. The predicted molar refractivity (Wildman–Crippen MR) is 117 cm³/mol. The smallest absolute Gasteiger partial charge is 0.343 e. The van der Waals surface area contributed by atoms with Crippen LogP contribution in [-0.4, -0.2) is 49.1 Å². The number of halogens is 1. The number of carbonyl (C=O) groups is 2.